The molecule has 0 aliphatic rings. The van der Waals surface area contributed by atoms with Crippen LogP contribution in [0.3, 0.4) is 0 Å². The second-order valence-corrected chi connectivity index (χ2v) is 5.00. The zero-order valence-electron chi connectivity index (χ0n) is 11.0. The Labute approximate surface area is 122 Å². The minimum atomic E-state index is -0.276. The third-order valence-electron chi connectivity index (χ3n) is 2.91. The summed E-state index contributed by atoms with van der Waals surface area (Å²) in [5.74, 6) is -0.400. The standard InChI is InChI=1S/C15H15ClN2O2/c1-18(9-10-3-2-4-12(17)7-10)15(20)13-6-5-11(16)8-14(13)19/h2-8,19H,9,17H2,1H3. The van der Waals surface area contributed by atoms with Gasteiger partial charge in [-0.05, 0) is 35.9 Å². The summed E-state index contributed by atoms with van der Waals surface area (Å²) in [4.78, 5) is 13.8. The SMILES string of the molecule is CN(Cc1cccc(N)c1)C(=O)c1ccc(Cl)cc1O. The number of aromatic hydroxyl groups is 1. The fourth-order valence-electron chi connectivity index (χ4n) is 1.93. The summed E-state index contributed by atoms with van der Waals surface area (Å²) in [7, 11) is 1.67. The largest absolute Gasteiger partial charge is 0.507 e. The maximum Gasteiger partial charge on any atom is 0.257 e. The molecule has 0 radical (unpaired) electrons. The van der Waals surface area contributed by atoms with Crippen molar-refractivity contribution >= 4 is 23.2 Å². The van der Waals surface area contributed by atoms with Crippen molar-refractivity contribution in [2.24, 2.45) is 0 Å². The number of nitrogens with zero attached hydrogens (tertiary/aromatic N) is 1. The van der Waals surface area contributed by atoms with E-state index in [4.69, 9.17) is 17.3 Å². The number of hydrogen-bond donors (Lipinski definition) is 2. The average molecular weight is 291 g/mol. The van der Waals surface area contributed by atoms with Gasteiger partial charge in [0, 0.05) is 24.3 Å². The molecule has 0 aromatic heterocycles. The van der Waals surface area contributed by atoms with Gasteiger partial charge in [-0.1, -0.05) is 23.7 Å². The van der Waals surface area contributed by atoms with Crippen LogP contribution in [0, 0.1) is 0 Å². The summed E-state index contributed by atoms with van der Waals surface area (Å²) in [6.45, 7) is 0.409. The highest BCUT2D eigenvalue weighted by Gasteiger charge is 2.16. The van der Waals surface area contributed by atoms with E-state index in [1.54, 1.807) is 19.2 Å². The highest BCUT2D eigenvalue weighted by molar-refractivity contribution is 6.30. The molecule has 1 amide bonds. The lowest BCUT2D eigenvalue weighted by Gasteiger charge is -2.18. The summed E-state index contributed by atoms with van der Waals surface area (Å²) in [5.41, 5.74) is 7.50. The van der Waals surface area contributed by atoms with Gasteiger partial charge in [0.15, 0.2) is 0 Å². The predicted molar refractivity (Wildman–Crippen MR) is 79.8 cm³/mol. The van der Waals surface area contributed by atoms with Crippen LogP contribution in [0.5, 0.6) is 5.75 Å². The Morgan fingerprint density at radius 3 is 2.70 bits per heavy atom. The molecule has 0 unspecified atom stereocenters. The third-order valence-corrected chi connectivity index (χ3v) is 3.14. The lowest BCUT2D eigenvalue weighted by Crippen LogP contribution is -2.26. The number of halogens is 1. The van der Waals surface area contributed by atoms with Crippen LogP contribution in [-0.4, -0.2) is 23.0 Å². The molecule has 0 fully saturated rings. The van der Waals surface area contributed by atoms with E-state index >= 15 is 0 Å². The maximum absolute atomic E-state index is 12.3. The maximum atomic E-state index is 12.3. The van der Waals surface area contributed by atoms with Crippen molar-refractivity contribution in [1.29, 1.82) is 0 Å². The van der Waals surface area contributed by atoms with E-state index in [-0.39, 0.29) is 17.2 Å². The number of carbonyl (C=O) groups excluding carboxylic acids is 1. The van der Waals surface area contributed by atoms with E-state index in [0.29, 0.717) is 17.3 Å². The van der Waals surface area contributed by atoms with E-state index in [0.717, 1.165) is 5.56 Å². The summed E-state index contributed by atoms with van der Waals surface area (Å²) < 4.78 is 0. The molecule has 0 spiro atoms. The van der Waals surface area contributed by atoms with Gasteiger partial charge < -0.3 is 15.7 Å². The van der Waals surface area contributed by atoms with E-state index in [9.17, 15) is 9.90 Å². The normalized spacial score (nSPS) is 10.3. The van der Waals surface area contributed by atoms with E-state index in [2.05, 4.69) is 0 Å². The Hall–Kier alpha value is -2.20. The number of nitrogen functional groups attached to an aromatic ring is 1. The Bertz CT molecular complexity index is 644. The first-order valence-electron chi connectivity index (χ1n) is 6.06. The van der Waals surface area contributed by atoms with Gasteiger partial charge in [-0.15, -0.1) is 0 Å². The van der Waals surface area contributed by atoms with Crippen LogP contribution in [-0.2, 0) is 6.54 Å². The second-order valence-electron chi connectivity index (χ2n) is 4.57. The van der Waals surface area contributed by atoms with Crippen molar-refractivity contribution in [3.63, 3.8) is 0 Å². The van der Waals surface area contributed by atoms with Crippen LogP contribution in [0.25, 0.3) is 0 Å². The molecule has 2 aromatic carbocycles. The Morgan fingerprint density at radius 2 is 2.05 bits per heavy atom. The van der Waals surface area contributed by atoms with Crippen LogP contribution < -0.4 is 5.73 Å². The van der Waals surface area contributed by atoms with Gasteiger partial charge in [-0.2, -0.15) is 0 Å². The minimum absolute atomic E-state index is 0.123. The quantitative estimate of drug-likeness (QED) is 0.854. The van der Waals surface area contributed by atoms with Crippen molar-refractivity contribution in [3.05, 3.63) is 58.6 Å². The number of hydrogen-bond acceptors (Lipinski definition) is 3. The van der Waals surface area contributed by atoms with Crippen LogP contribution >= 0.6 is 11.6 Å². The number of phenols is 1. The average Bonchev–Trinajstić information content (AvgIpc) is 2.38. The molecular weight excluding hydrogens is 276 g/mol. The minimum Gasteiger partial charge on any atom is -0.507 e. The van der Waals surface area contributed by atoms with Crippen molar-refractivity contribution in [1.82, 2.24) is 4.90 Å². The van der Waals surface area contributed by atoms with E-state index in [1.807, 2.05) is 18.2 Å². The van der Waals surface area contributed by atoms with Gasteiger partial charge >= 0.3 is 0 Å². The summed E-state index contributed by atoms with van der Waals surface area (Å²) in [6.07, 6.45) is 0. The lowest BCUT2D eigenvalue weighted by atomic mass is 10.1. The van der Waals surface area contributed by atoms with E-state index in [1.165, 1.54) is 17.0 Å². The summed E-state index contributed by atoms with van der Waals surface area (Å²) in [6, 6.07) is 11.8. The number of amides is 1. The van der Waals surface area contributed by atoms with Gasteiger partial charge in [-0.25, -0.2) is 0 Å². The van der Waals surface area contributed by atoms with Crippen LogP contribution in [0.15, 0.2) is 42.5 Å². The van der Waals surface area contributed by atoms with Crippen LogP contribution in [0.2, 0.25) is 5.02 Å². The Balaban J connectivity index is 2.16. The van der Waals surface area contributed by atoms with Crippen molar-refractivity contribution < 1.29 is 9.90 Å². The molecule has 0 aliphatic carbocycles. The number of rotatable bonds is 3. The predicted octanol–water partition coefficient (Wildman–Crippen LogP) is 2.90. The second kappa shape index (κ2) is 5.84. The molecule has 3 N–H and O–H groups in total. The fraction of sp³-hybridized carbons (Fsp3) is 0.133. The third kappa shape index (κ3) is 3.22. The zero-order valence-corrected chi connectivity index (χ0v) is 11.8. The van der Waals surface area contributed by atoms with Crippen molar-refractivity contribution in [2.75, 3.05) is 12.8 Å². The Kier molecular flexibility index (Phi) is 4.15. The highest BCUT2D eigenvalue weighted by Crippen LogP contribution is 2.23. The molecule has 2 rings (SSSR count). The van der Waals surface area contributed by atoms with Crippen molar-refractivity contribution in [3.8, 4) is 5.75 Å². The first kappa shape index (κ1) is 14.2. The molecule has 0 saturated heterocycles. The number of carbonyl (C=O) groups is 1. The van der Waals surface area contributed by atoms with Crippen LogP contribution in [0.1, 0.15) is 15.9 Å². The van der Waals surface area contributed by atoms with Gasteiger partial charge in [0.05, 0.1) is 5.56 Å². The van der Waals surface area contributed by atoms with Crippen molar-refractivity contribution in [2.45, 2.75) is 6.54 Å². The zero-order chi connectivity index (χ0) is 14.7. The molecular formula is C15H15ClN2O2. The fourth-order valence-corrected chi connectivity index (χ4v) is 2.09. The molecule has 0 saturated carbocycles. The van der Waals surface area contributed by atoms with E-state index < -0.39 is 0 Å². The molecule has 0 bridgehead atoms. The first-order chi connectivity index (χ1) is 9.47. The monoisotopic (exact) mass is 290 g/mol. The van der Waals surface area contributed by atoms with Gasteiger partial charge in [0.2, 0.25) is 0 Å². The number of phenolic OH excluding ortho intramolecular Hbond substituents is 1. The van der Waals surface area contributed by atoms with Gasteiger partial charge in [-0.3, -0.25) is 4.79 Å². The Morgan fingerprint density at radius 1 is 1.30 bits per heavy atom. The highest BCUT2D eigenvalue weighted by atomic mass is 35.5. The lowest BCUT2D eigenvalue weighted by molar-refractivity contribution is 0.0782. The van der Waals surface area contributed by atoms with Gasteiger partial charge in [0.1, 0.15) is 5.75 Å². The van der Waals surface area contributed by atoms with Crippen LogP contribution in [0.4, 0.5) is 5.69 Å². The molecule has 2 aromatic rings. The first-order valence-corrected chi connectivity index (χ1v) is 6.43. The molecule has 20 heavy (non-hydrogen) atoms. The molecule has 104 valence electrons. The topological polar surface area (TPSA) is 66.6 Å². The van der Waals surface area contributed by atoms with Gasteiger partial charge in [0.25, 0.3) is 5.91 Å². The number of nitrogens with two attached hydrogens (primary N) is 1. The number of anilines is 1. The summed E-state index contributed by atoms with van der Waals surface area (Å²) >= 11 is 5.75. The molecule has 4 nitrogen and oxygen atoms in total. The molecule has 0 aliphatic heterocycles. The molecule has 0 heterocycles. The molecule has 5 heteroatoms. The number of benzene rings is 2. The molecule has 0 atom stereocenters. The smallest absolute Gasteiger partial charge is 0.257 e. The summed E-state index contributed by atoms with van der Waals surface area (Å²) in [5, 5.41) is 10.2.